The van der Waals surface area contributed by atoms with Crippen LogP contribution in [-0.2, 0) is 21.2 Å². The van der Waals surface area contributed by atoms with E-state index in [1.807, 2.05) is 19.1 Å². The second kappa shape index (κ2) is 5.93. The zero-order valence-corrected chi connectivity index (χ0v) is 12.6. The van der Waals surface area contributed by atoms with Gasteiger partial charge in [-0.15, -0.1) is 0 Å². The number of nitrogens with zero attached hydrogens (tertiary/aromatic N) is 1. The molecule has 1 N–H and O–H groups in total. The maximum atomic E-state index is 12.2. The normalized spacial score (nSPS) is 19.3. The van der Waals surface area contributed by atoms with Crippen LogP contribution in [0.25, 0.3) is 0 Å². The lowest BCUT2D eigenvalue weighted by atomic mass is 10.2. The topological polar surface area (TPSA) is 66.5 Å². The highest BCUT2D eigenvalue weighted by Gasteiger charge is 2.28. The number of hydrogen-bond acceptors (Lipinski definition) is 3. The summed E-state index contributed by atoms with van der Waals surface area (Å²) in [4.78, 5) is 13.2. The van der Waals surface area contributed by atoms with Crippen molar-refractivity contribution >= 4 is 15.9 Å². The Morgan fingerprint density at radius 2 is 2.00 bits per heavy atom. The molecule has 0 bridgehead atoms. The first-order valence-electron chi connectivity index (χ1n) is 6.79. The third kappa shape index (κ3) is 3.37. The number of likely N-dealkylation sites (tertiary alicyclic amines) is 1. The summed E-state index contributed by atoms with van der Waals surface area (Å²) in [5, 5.41) is 0. The van der Waals surface area contributed by atoms with Crippen molar-refractivity contribution in [2.45, 2.75) is 37.6 Å². The van der Waals surface area contributed by atoms with Crippen molar-refractivity contribution in [3.63, 3.8) is 0 Å². The van der Waals surface area contributed by atoms with Crippen LogP contribution in [0.5, 0.6) is 0 Å². The van der Waals surface area contributed by atoms with Crippen LogP contribution < -0.4 is 4.72 Å². The van der Waals surface area contributed by atoms with E-state index >= 15 is 0 Å². The molecule has 20 heavy (non-hydrogen) atoms. The highest BCUT2D eigenvalue weighted by atomic mass is 32.2. The molecule has 1 amide bonds. The quantitative estimate of drug-likeness (QED) is 0.906. The monoisotopic (exact) mass is 296 g/mol. The summed E-state index contributed by atoms with van der Waals surface area (Å²) in [5.41, 5.74) is 1.10. The van der Waals surface area contributed by atoms with Crippen LogP contribution in [0.2, 0.25) is 0 Å². The van der Waals surface area contributed by atoms with Gasteiger partial charge in [-0.25, -0.2) is 13.1 Å². The molecule has 0 aliphatic carbocycles. The largest absolute Gasteiger partial charge is 0.341 e. The predicted octanol–water partition coefficient (Wildman–Crippen LogP) is 1.15. The van der Waals surface area contributed by atoms with Crippen molar-refractivity contribution in [1.29, 1.82) is 0 Å². The van der Waals surface area contributed by atoms with E-state index in [-0.39, 0.29) is 16.8 Å². The van der Waals surface area contributed by atoms with Crippen LogP contribution >= 0.6 is 0 Å². The molecule has 1 atom stereocenters. The molecule has 110 valence electrons. The number of hydrogen-bond donors (Lipinski definition) is 1. The van der Waals surface area contributed by atoms with Crippen LogP contribution in [-0.4, -0.2) is 38.4 Å². The molecular weight excluding hydrogens is 276 g/mol. The lowest BCUT2D eigenvalue weighted by Crippen LogP contribution is -2.37. The Morgan fingerprint density at radius 3 is 2.50 bits per heavy atom. The van der Waals surface area contributed by atoms with Gasteiger partial charge in [-0.1, -0.05) is 19.1 Å². The SMILES string of the molecule is CCc1ccc(S(=O)(=O)NC2CCN(C(C)=O)C2)cc1. The van der Waals surface area contributed by atoms with E-state index in [0.29, 0.717) is 19.5 Å². The average molecular weight is 296 g/mol. The van der Waals surface area contributed by atoms with Gasteiger partial charge < -0.3 is 4.90 Å². The number of benzene rings is 1. The maximum Gasteiger partial charge on any atom is 0.240 e. The number of amides is 1. The molecular formula is C14H20N2O3S. The fourth-order valence-corrected chi connectivity index (χ4v) is 3.60. The molecule has 1 aliphatic heterocycles. The van der Waals surface area contributed by atoms with Gasteiger partial charge in [-0.05, 0) is 30.5 Å². The minimum Gasteiger partial charge on any atom is -0.341 e. The number of aryl methyl sites for hydroxylation is 1. The van der Waals surface area contributed by atoms with E-state index in [1.54, 1.807) is 17.0 Å². The van der Waals surface area contributed by atoms with Gasteiger partial charge in [-0.3, -0.25) is 4.79 Å². The Balaban J connectivity index is 2.06. The van der Waals surface area contributed by atoms with Crippen LogP contribution in [0.15, 0.2) is 29.2 Å². The highest BCUT2D eigenvalue weighted by Crippen LogP contribution is 2.15. The zero-order valence-electron chi connectivity index (χ0n) is 11.8. The van der Waals surface area contributed by atoms with Gasteiger partial charge >= 0.3 is 0 Å². The fraction of sp³-hybridized carbons (Fsp3) is 0.500. The molecule has 1 heterocycles. The summed E-state index contributed by atoms with van der Waals surface area (Å²) in [6.45, 7) is 4.58. The molecule has 0 spiro atoms. The van der Waals surface area contributed by atoms with E-state index in [9.17, 15) is 13.2 Å². The maximum absolute atomic E-state index is 12.2. The number of carbonyl (C=O) groups is 1. The lowest BCUT2D eigenvalue weighted by molar-refractivity contribution is -0.127. The van der Waals surface area contributed by atoms with E-state index in [2.05, 4.69) is 4.72 Å². The Kier molecular flexibility index (Phi) is 4.45. The molecule has 1 unspecified atom stereocenters. The minimum atomic E-state index is -3.51. The molecule has 0 radical (unpaired) electrons. The van der Waals surface area contributed by atoms with Crippen molar-refractivity contribution < 1.29 is 13.2 Å². The molecule has 1 saturated heterocycles. The molecule has 1 aromatic carbocycles. The Labute approximate surface area is 120 Å². The summed E-state index contributed by atoms with van der Waals surface area (Å²) >= 11 is 0. The van der Waals surface area contributed by atoms with Gasteiger partial charge in [0.05, 0.1) is 4.90 Å². The summed E-state index contributed by atoms with van der Waals surface area (Å²) < 4.78 is 27.2. The molecule has 5 nitrogen and oxygen atoms in total. The second-order valence-corrected chi connectivity index (χ2v) is 6.78. The van der Waals surface area contributed by atoms with E-state index in [1.165, 1.54) is 6.92 Å². The van der Waals surface area contributed by atoms with Gasteiger partial charge in [0, 0.05) is 26.1 Å². The first-order chi connectivity index (χ1) is 9.42. The molecule has 6 heteroatoms. The van der Waals surface area contributed by atoms with Crippen LogP contribution in [0.1, 0.15) is 25.8 Å². The van der Waals surface area contributed by atoms with Gasteiger partial charge in [0.25, 0.3) is 0 Å². The number of nitrogens with one attached hydrogen (secondary N) is 1. The first-order valence-corrected chi connectivity index (χ1v) is 8.27. The molecule has 2 rings (SSSR count). The van der Waals surface area contributed by atoms with Crippen LogP contribution in [0, 0.1) is 0 Å². The van der Waals surface area contributed by atoms with Crippen molar-refractivity contribution in [3.8, 4) is 0 Å². The summed E-state index contributed by atoms with van der Waals surface area (Å²) in [6, 6.07) is 6.70. The van der Waals surface area contributed by atoms with Gasteiger partial charge in [0.15, 0.2) is 0 Å². The standard InChI is InChI=1S/C14H20N2O3S/c1-3-12-4-6-14(7-5-12)20(18,19)15-13-8-9-16(10-13)11(2)17/h4-7,13,15H,3,8-10H2,1-2H3. The molecule has 1 aromatic rings. The molecule has 1 fully saturated rings. The van der Waals surface area contributed by atoms with Crippen molar-refractivity contribution in [2.24, 2.45) is 0 Å². The second-order valence-electron chi connectivity index (χ2n) is 5.07. The van der Waals surface area contributed by atoms with Crippen molar-refractivity contribution in [1.82, 2.24) is 9.62 Å². The van der Waals surface area contributed by atoms with Gasteiger partial charge in [-0.2, -0.15) is 0 Å². The van der Waals surface area contributed by atoms with Crippen molar-refractivity contribution in [3.05, 3.63) is 29.8 Å². The number of rotatable bonds is 4. The lowest BCUT2D eigenvalue weighted by Gasteiger charge is -2.15. The van der Waals surface area contributed by atoms with Crippen LogP contribution in [0.4, 0.5) is 0 Å². The third-order valence-corrected chi connectivity index (χ3v) is 5.13. The third-order valence-electron chi connectivity index (χ3n) is 3.60. The average Bonchev–Trinajstić information content (AvgIpc) is 2.87. The smallest absolute Gasteiger partial charge is 0.240 e. The Hall–Kier alpha value is -1.40. The fourth-order valence-electron chi connectivity index (χ4n) is 2.33. The Bertz CT molecular complexity index is 581. The summed E-state index contributed by atoms with van der Waals surface area (Å²) in [6.07, 6.45) is 1.54. The van der Waals surface area contributed by atoms with Gasteiger partial charge in [0.2, 0.25) is 15.9 Å². The van der Waals surface area contributed by atoms with Crippen LogP contribution in [0.3, 0.4) is 0 Å². The minimum absolute atomic E-state index is 0.0148. The predicted molar refractivity (Wildman–Crippen MR) is 76.8 cm³/mol. The highest BCUT2D eigenvalue weighted by molar-refractivity contribution is 7.89. The van der Waals surface area contributed by atoms with E-state index in [0.717, 1.165) is 12.0 Å². The Morgan fingerprint density at radius 1 is 1.35 bits per heavy atom. The van der Waals surface area contributed by atoms with E-state index < -0.39 is 10.0 Å². The zero-order chi connectivity index (χ0) is 14.8. The molecule has 0 saturated carbocycles. The van der Waals surface area contributed by atoms with Crippen molar-refractivity contribution in [2.75, 3.05) is 13.1 Å². The van der Waals surface area contributed by atoms with Gasteiger partial charge in [0.1, 0.15) is 0 Å². The molecule has 0 aromatic heterocycles. The number of carbonyl (C=O) groups excluding carboxylic acids is 1. The first kappa shape index (κ1) is 15.0. The van der Waals surface area contributed by atoms with E-state index in [4.69, 9.17) is 0 Å². The summed E-state index contributed by atoms with van der Waals surface area (Å²) in [7, 11) is -3.51. The molecule has 1 aliphatic rings. The number of sulfonamides is 1. The summed E-state index contributed by atoms with van der Waals surface area (Å²) in [5.74, 6) is -0.0148.